The molecule has 1 aliphatic carbocycles. The second kappa shape index (κ2) is 5.92. The number of nitrogens with zero attached hydrogens (tertiary/aromatic N) is 2. The normalized spacial score (nSPS) is 26.6. The van der Waals surface area contributed by atoms with Crippen molar-refractivity contribution in [2.45, 2.75) is 49.1 Å². The monoisotopic (exact) mass is 285 g/mol. The predicted molar refractivity (Wildman–Crippen MR) is 71.0 cm³/mol. The highest BCUT2D eigenvalue weighted by Gasteiger charge is 2.46. The molecule has 1 heterocycles. The minimum atomic E-state index is -0.559. The Morgan fingerprint density at radius 1 is 1.63 bits per heavy atom. The van der Waals surface area contributed by atoms with Gasteiger partial charge < -0.3 is 14.5 Å². The summed E-state index contributed by atoms with van der Waals surface area (Å²) in [6, 6.07) is 0. The van der Waals surface area contributed by atoms with Crippen molar-refractivity contribution >= 4 is 17.7 Å². The molecule has 0 radical (unpaired) electrons. The van der Waals surface area contributed by atoms with Gasteiger partial charge in [0.05, 0.1) is 7.11 Å². The molecule has 7 heteroatoms. The quantitative estimate of drug-likeness (QED) is 0.822. The van der Waals surface area contributed by atoms with Gasteiger partial charge in [-0.3, -0.25) is 4.79 Å². The van der Waals surface area contributed by atoms with Crippen LogP contribution in [0.5, 0.6) is 0 Å². The van der Waals surface area contributed by atoms with E-state index < -0.39 is 5.54 Å². The highest BCUT2D eigenvalue weighted by Crippen LogP contribution is 2.40. The minimum Gasteiger partial charge on any atom is -0.468 e. The number of aromatic nitrogens is 2. The van der Waals surface area contributed by atoms with E-state index >= 15 is 0 Å². The number of ether oxygens (including phenoxy) is 1. The number of carbonyl (C=O) groups is 1. The number of carbonyl (C=O) groups excluding carboxylic acids is 1. The van der Waals surface area contributed by atoms with Crippen LogP contribution in [-0.2, 0) is 9.53 Å². The average molecular weight is 285 g/mol. The van der Waals surface area contributed by atoms with Gasteiger partial charge in [-0.1, -0.05) is 18.7 Å². The Hall–Kier alpha value is -1.08. The number of methoxy groups -OCH3 is 1. The molecule has 6 nitrogen and oxygen atoms in total. The van der Waals surface area contributed by atoms with Crippen molar-refractivity contribution in [3.8, 4) is 0 Å². The first kappa shape index (κ1) is 14.3. The molecule has 19 heavy (non-hydrogen) atoms. The maximum absolute atomic E-state index is 12.0. The molecule has 0 aromatic carbocycles. The molecule has 0 saturated heterocycles. The predicted octanol–water partition coefficient (Wildman–Crippen LogP) is 1.54. The SMILES string of the molecule is CCNC1(C(=O)OC)CCC(Sc2nnc(C)o2)C1. The molecule has 1 aromatic rings. The van der Waals surface area contributed by atoms with Crippen LogP contribution in [0.3, 0.4) is 0 Å². The van der Waals surface area contributed by atoms with E-state index in [0.717, 1.165) is 25.8 Å². The molecular weight excluding hydrogens is 266 g/mol. The van der Waals surface area contributed by atoms with Gasteiger partial charge in [0.25, 0.3) is 5.22 Å². The summed E-state index contributed by atoms with van der Waals surface area (Å²) in [5, 5.41) is 11.9. The number of thioether (sulfide) groups is 1. The second-order valence-electron chi connectivity index (χ2n) is 4.67. The second-order valence-corrected chi connectivity index (χ2v) is 5.93. The number of esters is 1. The number of aryl methyl sites for hydroxylation is 1. The fraction of sp³-hybridized carbons (Fsp3) is 0.750. The van der Waals surface area contributed by atoms with Gasteiger partial charge in [-0.2, -0.15) is 0 Å². The third kappa shape index (κ3) is 3.09. The Kier molecular flexibility index (Phi) is 4.46. The Bertz CT molecular complexity index is 451. The maximum Gasteiger partial charge on any atom is 0.326 e. The number of hydrogen-bond acceptors (Lipinski definition) is 7. The Labute approximate surface area is 116 Å². The van der Waals surface area contributed by atoms with Crippen LogP contribution in [0, 0.1) is 6.92 Å². The zero-order valence-electron chi connectivity index (χ0n) is 11.4. The zero-order valence-corrected chi connectivity index (χ0v) is 12.2. The van der Waals surface area contributed by atoms with E-state index in [1.54, 1.807) is 18.7 Å². The molecule has 2 rings (SSSR count). The van der Waals surface area contributed by atoms with E-state index in [2.05, 4.69) is 15.5 Å². The van der Waals surface area contributed by atoms with Gasteiger partial charge in [0.1, 0.15) is 5.54 Å². The molecule has 0 bridgehead atoms. The van der Waals surface area contributed by atoms with E-state index in [4.69, 9.17) is 9.15 Å². The first-order valence-electron chi connectivity index (χ1n) is 6.40. The van der Waals surface area contributed by atoms with Crippen LogP contribution < -0.4 is 5.32 Å². The van der Waals surface area contributed by atoms with Crippen molar-refractivity contribution in [1.29, 1.82) is 0 Å². The standard InChI is InChI=1S/C12H19N3O3S/c1-4-13-12(10(16)17-3)6-5-9(7-12)19-11-15-14-8(2)18-11/h9,13H,4-7H2,1-3H3. The van der Waals surface area contributed by atoms with Crippen LogP contribution in [-0.4, -0.2) is 40.6 Å². The van der Waals surface area contributed by atoms with Gasteiger partial charge in [-0.05, 0) is 25.8 Å². The number of hydrogen-bond donors (Lipinski definition) is 1. The smallest absolute Gasteiger partial charge is 0.326 e. The topological polar surface area (TPSA) is 77.2 Å². The zero-order chi connectivity index (χ0) is 13.9. The molecule has 1 aromatic heterocycles. The molecule has 1 N–H and O–H groups in total. The van der Waals surface area contributed by atoms with Gasteiger partial charge >= 0.3 is 5.97 Å². The lowest BCUT2D eigenvalue weighted by atomic mass is 9.98. The van der Waals surface area contributed by atoms with Crippen molar-refractivity contribution in [2.75, 3.05) is 13.7 Å². The first-order valence-corrected chi connectivity index (χ1v) is 7.28. The molecule has 1 aliphatic rings. The lowest BCUT2D eigenvalue weighted by Crippen LogP contribution is -2.50. The highest BCUT2D eigenvalue weighted by atomic mass is 32.2. The first-order chi connectivity index (χ1) is 9.09. The molecule has 1 fully saturated rings. The largest absolute Gasteiger partial charge is 0.468 e. The van der Waals surface area contributed by atoms with Crippen LogP contribution in [0.1, 0.15) is 32.1 Å². The summed E-state index contributed by atoms with van der Waals surface area (Å²) in [7, 11) is 1.43. The van der Waals surface area contributed by atoms with Gasteiger partial charge in [-0.25, -0.2) is 0 Å². The number of nitrogens with one attached hydrogen (secondary N) is 1. The maximum atomic E-state index is 12.0. The van der Waals surface area contributed by atoms with Crippen molar-refractivity contribution < 1.29 is 13.9 Å². The van der Waals surface area contributed by atoms with Crippen molar-refractivity contribution in [3.63, 3.8) is 0 Å². The van der Waals surface area contributed by atoms with Gasteiger partial charge in [0.2, 0.25) is 5.89 Å². The Balaban J connectivity index is 2.02. The molecule has 0 spiro atoms. The van der Waals surface area contributed by atoms with Crippen LogP contribution in [0.15, 0.2) is 9.64 Å². The summed E-state index contributed by atoms with van der Waals surface area (Å²) < 4.78 is 10.3. The number of likely N-dealkylation sites (N-methyl/N-ethyl adjacent to an activating group) is 1. The summed E-state index contributed by atoms with van der Waals surface area (Å²) in [5.41, 5.74) is -0.559. The van der Waals surface area contributed by atoms with Crippen LogP contribution in [0.4, 0.5) is 0 Å². The lowest BCUT2D eigenvalue weighted by Gasteiger charge is -2.26. The Morgan fingerprint density at radius 3 is 3.00 bits per heavy atom. The average Bonchev–Trinajstić information content (AvgIpc) is 2.97. The van der Waals surface area contributed by atoms with Gasteiger partial charge in [0, 0.05) is 12.2 Å². The van der Waals surface area contributed by atoms with Crippen LogP contribution >= 0.6 is 11.8 Å². The van der Waals surface area contributed by atoms with Crippen LogP contribution in [0.25, 0.3) is 0 Å². The minimum absolute atomic E-state index is 0.181. The fourth-order valence-electron chi connectivity index (χ4n) is 2.52. The van der Waals surface area contributed by atoms with Crippen LogP contribution in [0.2, 0.25) is 0 Å². The summed E-state index contributed by atoms with van der Waals surface area (Å²) in [5.74, 6) is 0.380. The molecule has 2 unspecified atom stereocenters. The molecule has 106 valence electrons. The number of rotatable bonds is 5. The fourth-order valence-corrected chi connectivity index (χ4v) is 3.67. The van der Waals surface area contributed by atoms with E-state index in [-0.39, 0.29) is 11.2 Å². The lowest BCUT2D eigenvalue weighted by molar-refractivity contribution is -0.148. The third-order valence-electron chi connectivity index (χ3n) is 3.34. The van der Waals surface area contributed by atoms with E-state index in [0.29, 0.717) is 11.1 Å². The highest BCUT2D eigenvalue weighted by molar-refractivity contribution is 7.99. The van der Waals surface area contributed by atoms with E-state index in [9.17, 15) is 4.79 Å². The molecule has 0 amide bonds. The summed E-state index contributed by atoms with van der Waals surface area (Å²) in [6.45, 7) is 4.50. The van der Waals surface area contributed by atoms with E-state index in [1.807, 2.05) is 6.92 Å². The summed E-state index contributed by atoms with van der Waals surface area (Å²) in [4.78, 5) is 12.0. The Morgan fingerprint density at radius 2 is 2.42 bits per heavy atom. The van der Waals surface area contributed by atoms with Gasteiger partial charge in [-0.15, -0.1) is 10.2 Å². The molecule has 1 saturated carbocycles. The summed E-state index contributed by atoms with van der Waals surface area (Å²) in [6.07, 6.45) is 2.42. The van der Waals surface area contributed by atoms with Crippen molar-refractivity contribution in [2.24, 2.45) is 0 Å². The molecule has 2 atom stereocenters. The van der Waals surface area contributed by atoms with E-state index in [1.165, 1.54) is 7.11 Å². The van der Waals surface area contributed by atoms with Crippen molar-refractivity contribution in [3.05, 3.63) is 5.89 Å². The van der Waals surface area contributed by atoms with Gasteiger partial charge in [0.15, 0.2) is 0 Å². The third-order valence-corrected chi connectivity index (χ3v) is 4.44. The van der Waals surface area contributed by atoms with Crippen molar-refractivity contribution in [1.82, 2.24) is 15.5 Å². The molecule has 0 aliphatic heterocycles. The summed E-state index contributed by atoms with van der Waals surface area (Å²) >= 11 is 1.54. The molecular formula is C12H19N3O3S.